The number of allylic oxidation sites excluding steroid dienone is 1. The van der Waals surface area contributed by atoms with Crippen molar-refractivity contribution in [1.29, 1.82) is 0 Å². The van der Waals surface area contributed by atoms with Gasteiger partial charge in [-0.2, -0.15) is 0 Å². The second kappa shape index (κ2) is 7.08. The Labute approximate surface area is 129 Å². The van der Waals surface area contributed by atoms with Crippen LogP contribution in [0.15, 0.2) is 30.3 Å². The molecule has 104 valence electrons. The first-order valence-electron chi connectivity index (χ1n) is 6.45. The monoisotopic (exact) mass is 372 g/mol. The van der Waals surface area contributed by atoms with Crippen molar-refractivity contribution in [3.8, 4) is 0 Å². The molecule has 0 fully saturated rings. The van der Waals surface area contributed by atoms with Crippen molar-refractivity contribution >= 4 is 34.1 Å². The van der Waals surface area contributed by atoms with Gasteiger partial charge in [-0.3, -0.25) is 0 Å². The number of carboxylic acids is 1. The van der Waals surface area contributed by atoms with Gasteiger partial charge in [-0.05, 0) is 39.4 Å². The van der Waals surface area contributed by atoms with E-state index in [1.807, 2.05) is 12.1 Å². The maximum Gasteiger partial charge on any atom is 0.328 e. The summed E-state index contributed by atoms with van der Waals surface area (Å²) in [6, 6.07) is 8.25. The van der Waals surface area contributed by atoms with E-state index in [0.717, 1.165) is 28.4 Å². The third kappa shape index (κ3) is 5.35. The van der Waals surface area contributed by atoms with Crippen molar-refractivity contribution < 1.29 is 9.90 Å². The Morgan fingerprint density at radius 1 is 1.26 bits per heavy atom. The van der Waals surface area contributed by atoms with Crippen LogP contribution in [0.1, 0.15) is 44.7 Å². The number of carboxylic acid groups (broad SMARTS) is 1. The van der Waals surface area contributed by atoms with E-state index in [9.17, 15) is 4.79 Å². The predicted octanol–water partition coefficient (Wildman–Crippen LogP) is 4.67. The zero-order valence-electron chi connectivity index (χ0n) is 11.7. The molecule has 0 spiro atoms. The van der Waals surface area contributed by atoms with Crippen LogP contribution in [0.5, 0.6) is 0 Å². The molecule has 0 saturated carbocycles. The average Bonchev–Trinajstić information content (AvgIpc) is 2.33. The number of alkyl halides is 1. The standard InChI is InChI=1S/C16H21IO2/c1-16(2,3)14-8-6-12(7-9-14)13(5-4-10-17)11-15(18)19/h6-9,11H,4-5,10H2,1-3H3,(H,18,19)/b13-11-. The van der Waals surface area contributed by atoms with Crippen molar-refractivity contribution in [3.63, 3.8) is 0 Å². The van der Waals surface area contributed by atoms with Gasteiger partial charge in [0.15, 0.2) is 0 Å². The Kier molecular flexibility index (Phi) is 6.04. The molecule has 0 unspecified atom stereocenters. The van der Waals surface area contributed by atoms with Crippen molar-refractivity contribution in [2.24, 2.45) is 0 Å². The fourth-order valence-electron chi connectivity index (χ4n) is 1.89. The highest BCUT2D eigenvalue weighted by atomic mass is 127. The molecule has 2 nitrogen and oxygen atoms in total. The molecule has 0 saturated heterocycles. The lowest BCUT2D eigenvalue weighted by molar-refractivity contribution is -0.131. The summed E-state index contributed by atoms with van der Waals surface area (Å²) in [6.45, 7) is 6.52. The first-order chi connectivity index (χ1) is 8.84. The molecule has 19 heavy (non-hydrogen) atoms. The van der Waals surface area contributed by atoms with Gasteiger partial charge < -0.3 is 5.11 Å². The average molecular weight is 372 g/mol. The summed E-state index contributed by atoms with van der Waals surface area (Å²) in [5, 5.41) is 8.95. The number of aliphatic carboxylic acids is 1. The maximum atomic E-state index is 10.9. The van der Waals surface area contributed by atoms with Crippen LogP contribution < -0.4 is 0 Å². The number of benzene rings is 1. The van der Waals surface area contributed by atoms with Gasteiger partial charge in [-0.25, -0.2) is 4.79 Å². The van der Waals surface area contributed by atoms with Gasteiger partial charge in [0.25, 0.3) is 0 Å². The van der Waals surface area contributed by atoms with E-state index in [0.29, 0.717) is 0 Å². The van der Waals surface area contributed by atoms with Crippen LogP contribution in [0.25, 0.3) is 5.57 Å². The molecule has 1 N–H and O–H groups in total. The molecular weight excluding hydrogens is 351 g/mol. The van der Waals surface area contributed by atoms with Crippen LogP contribution in [0.3, 0.4) is 0 Å². The first-order valence-corrected chi connectivity index (χ1v) is 7.97. The molecule has 0 bridgehead atoms. The van der Waals surface area contributed by atoms with E-state index in [-0.39, 0.29) is 5.41 Å². The van der Waals surface area contributed by atoms with Gasteiger partial charge in [0, 0.05) is 6.08 Å². The number of hydrogen-bond acceptors (Lipinski definition) is 1. The highest BCUT2D eigenvalue weighted by Crippen LogP contribution is 2.26. The quantitative estimate of drug-likeness (QED) is 0.464. The van der Waals surface area contributed by atoms with Gasteiger partial charge >= 0.3 is 5.97 Å². The van der Waals surface area contributed by atoms with Crippen molar-refractivity contribution in [1.82, 2.24) is 0 Å². The minimum atomic E-state index is -0.872. The molecule has 0 heterocycles. The summed E-state index contributed by atoms with van der Waals surface area (Å²) in [4.78, 5) is 10.9. The predicted molar refractivity (Wildman–Crippen MR) is 88.9 cm³/mol. The van der Waals surface area contributed by atoms with Gasteiger partial charge in [-0.1, -0.05) is 67.6 Å². The van der Waals surface area contributed by atoms with Crippen molar-refractivity contribution in [2.75, 3.05) is 4.43 Å². The van der Waals surface area contributed by atoms with E-state index in [1.165, 1.54) is 11.6 Å². The summed E-state index contributed by atoms with van der Waals surface area (Å²) in [7, 11) is 0. The Morgan fingerprint density at radius 2 is 1.84 bits per heavy atom. The Balaban J connectivity index is 3.01. The summed E-state index contributed by atoms with van der Waals surface area (Å²) in [6.07, 6.45) is 3.14. The molecule has 0 aliphatic carbocycles. The summed E-state index contributed by atoms with van der Waals surface area (Å²) in [5.41, 5.74) is 3.31. The number of halogens is 1. The molecule has 1 aromatic carbocycles. The van der Waals surface area contributed by atoms with Gasteiger partial charge in [0.2, 0.25) is 0 Å². The molecule has 1 rings (SSSR count). The molecular formula is C16H21IO2. The third-order valence-corrected chi connectivity index (χ3v) is 3.76. The van der Waals surface area contributed by atoms with Crippen LogP contribution in [-0.4, -0.2) is 15.5 Å². The van der Waals surface area contributed by atoms with Gasteiger partial charge in [-0.15, -0.1) is 0 Å². The molecule has 0 amide bonds. The highest BCUT2D eigenvalue weighted by Gasteiger charge is 2.13. The molecule has 3 heteroatoms. The van der Waals surface area contributed by atoms with E-state index in [1.54, 1.807) is 0 Å². The summed E-state index contributed by atoms with van der Waals surface area (Å²) < 4.78 is 1.04. The Hall–Kier alpha value is -0.840. The minimum Gasteiger partial charge on any atom is -0.478 e. The van der Waals surface area contributed by atoms with Crippen LogP contribution in [0.4, 0.5) is 0 Å². The summed E-state index contributed by atoms with van der Waals surface area (Å²) >= 11 is 2.31. The second-order valence-corrected chi connectivity index (χ2v) is 6.71. The fraction of sp³-hybridized carbons (Fsp3) is 0.438. The number of hydrogen-bond donors (Lipinski definition) is 1. The normalized spacial score (nSPS) is 12.5. The topological polar surface area (TPSA) is 37.3 Å². The van der Waals surface area contributed by atoms with Crippen molar-refractivity contribution in [3.05, 3.63) is 41.5 Å². The van der Waals surface area contributed by atoms with Crippen molar-refractivity contribution in [2.45, 2.75) is 39.0 Å². The van der Waals surface area contributed by atoms with Crippen LogP contribution in [0, 0.1) is 0 Å². The lowest BCUT2D eigenvalue weighted by Gasteiger charge is -2.19. The zero-order valence-corrected chi connectivity index (χ0v) is 13.9. The smallest absolute Gasteiger partial charge is 0.328 e. The lowest BCUT2D eigenvalue weighted by atomic mass is 9.86. The maximum absolute atomic E-state index is 10.9. The third-order valence-electron chi connectivity index (χ3n) is 3.00. The molecule has 0 aliphatic rings. The van der Waals surface area contributed by atoms with Gasteiger partial charge in [0.1, 0.15) is 0 Å². The fourth-order valence-corrected chi connectivity index (χ4v) is 2.27. The number of carbonyl (C=O) groups is 1. The van der Waals surface area contributed by atoms with Crippen LogP contribution in [0.2, 0.25) is 0 Å². The Morgan fingerprint density at radius 3 is 2.26 bits per heavy atom. The summed E-state index contributed by atoms with van der Waals surface area (Å²) in [5.74, 6) is -0.872. The highest BCUT2D eigenvalue weighted by molar-refractivity contribution is 14.1. The zero-order chi connectivity index (χ0) is 14.5. The SMILES string of the molecule is CC(C)(C)c1ccc(/C(=C\C(=O)O)CCCI)cc1. The van der Waals surface area contributed by atoms with Crippen LogP contribution in [-0.2, 0) is 10.2 Å². The number of rotatable bonds is 5. The Bertz CT molecular complexity index is 453. The van der Waals surface area contributed by atoms with E-state index >= 15 is 0 Å². The molecule has 0 aliphatic heterocycles. The molecule has 1 aromatic rings. The molecule has 0 aromatic heterocycles. The largest absolute Gasteiger partial charge is 0.478 e. The van der Waals surface area contributed by atoms with Gasteiger partial charge in [0.05, 0.1) is 0 Å². The van der Waals surface area contributed by atoms with Crippen LogP contribution >= 0.6 is 22.6 Å². The second-order valence-electron chi connectivity index (χ2n) is 5.63. The minimum absolute atomic E-state index is 0.122. The van der Waals surface area contributed by atoms with E-state index < -0.39 is 5.97 Å². The van der Waals surface area contributed by atoms with E-state index in [4.69, 9.17) is 5.11 Å². The molecule has 0 atom stereocenters. The molecule has 0 radical (unpaired) electrons. The lowest BCUT2D eigenvalue weighted by Crippen LogP contribution is -2.10. The van der Waals surface area contributed by atoms with E-state index in [2.05, 4.69) is 55.5 Å². The first kappa shape index (κ1) is 16.2.